The minimum absolute atomic E-state index is 0.121. The van der Waals surface area contributed by atoms with Crippen molar-refractivity contribution in [3.05, 3.63) is 90.1 Å². The number of amides is 5. The molecular weight excluding hydrogens is 731 g/mol. The Balaban J connectivity index is 2.13. The van der Waals surface area contributed by atoms with Crippen LogP contribution in [0.5, 0.6) is 0 Å². The summed E-state index contributed by atoms with van der Waals surface area (Å²) in [5.41, 5.74) is 4.74. The van der Waals surface area contributed by atoms with Gasteiger partial charge in [0.05, 0.1) is 32.5 Å². The van der Waals surface area contributed by atoms with Crippen molar-refractivity contribution >= 4 is 30.1 Å². The normalized spacial score (nSPS) is 13.7. The van der Waals surface area contributed by atoms with E-state index in [1.54, 1.807) is 66.6 Å². The first-order valence-corrected chi connectivity index (χ1v) is 18.9. The summed E-state index contributed by atoms with van der Waals surface area (Å²) in [5, 5.41) is 12.7. The van der Waals surface area contributed by atoms with Crippen LogP contribution in [0.15, 0.2) is 79.0 Å². The molecule has 5 amide bonds. The van der Waals surface area contributed by atoms with Crippen molar-refractivity contribution in [2.75, 3.05) is 20.8 Å². The number of alkyl carbamates (subject to hydrolysis) is 3. The molecule has 0 saturated heterocycles. The second-order valence-corrected chi connectivity index (χ2v) is 16.2. The quantitative estimate of drug-likeness (QED) is 0.0935. The summed E-state index contributed by atoms with van der Waals surface area (Å²) in [6.45, 7) is 14.4. The Morgan fingerprint density at radius 3 is 1.74 bits per heavy atom. The number of ether oxygens (including phenoxy) is 3. The van der Waals surface area contributed by atoms with Crippen LogP contribution in [0.3, 0.4) is 0 Å². The van der Waals surface area contributed by atoms with Gasteiger partial charge in [-0.2, -0.15) is 0 Å². The summed E-state index contributed by atoms with van der Waals surface area (Å²) < 4.78 is 15.8. The van der Waals surface area contributed by atoms with Crippen LogP contribution < -0.4 is 26.7 Å². The molecule has 0 radical (unpaired) electrons. The summed E-state index contributed by atoms with van der Waals surface area (Å²) in [6.07, 6.45) is -1.49. The minimum atomic E-state index is -1.10. The molecule has 0 saturated carbocycles. The number of nitrogens with one attached hydrogen (secondary N) is 5. The molecule has 0 aliphatic rings. The van der Waals surface area contributed by atoms with E-state index in [1.165, 1.54) is 14.2 Å². The van der Waals surface area contributed by atoms with E-state index in [-0.39, 0.29) is 25.6 Å². The number of rotatable bonds is 16. The van der Waals surface area contributed by atoms with Gasteiger partial charge < -0.3 is 35.5 Å². The number of carbonyl (C=O) groups is 5. The average Bonchev–Trinajstić information content (AvgIpc) is 3.14. The van der Waals surface area contributed by atoms with E-state index in [0.717, 1.165) is 22.4 Å². The molecule has 4 atom stereocenters. The van der Waals surface area contributed by atoms with Crippen molar-refractivity contribution in [3.8, 4) is 11.3 Å². The largest absolute Gasteiger partial charge is 0.453 e. The van der Waals surface area contributed by atoms with Crippen molar-refractivity contribution in [1.29, 1.82) is 0 Å². The van der Waals surface area contributed by atoms with E-state index in [9.17, 15) is 24.0 Å². The van der Waals surface area contributed by atoms with Crippen LogP contribution in [0.2, 0.25) is 0 Å². The lowest BCUT2D eigenvalue weighted by Gasteiger charge is -2.37. The summed E-state index contributed by atoms with van der Waals surface area (Å²) in [7, 11) is 2.42. The Kier molecular flexibility index (Phi) is 16.8. The lowest BCUT2D eigenvalue weighted by atomic mass is 9.85. The molecule has 3 aromatic rings. The minimum Gasteiger partial charge on any atom is -0.453 e. The maximum atomic E-state index is 14.2. The molecule has 15 heteroatoms. The highest BCUT2D eigenvalue weighted by Gasteiger charge is 2.39. The van der Waals surface area contributed by atoms with Gasteiger partial charge in [-0.25, -0.2) is 19.4 Å². The summed E-state index contributed by atoms with van der Waals surface area (Å²) in [4.78, 5) is 70.9. The fraction of sp³-hybridized carbons (Fsp3) is 0.476. The lowest BCUT2D eigenvalue weighted by molar-refractivity contribution is -0.132. The van der Waals surface area contributed by atoms with Gasteiger partial charge in [0.1, 0.15) is 18.2 Å². The first-order valence-electron chi connectivity index (χ1n) is 18.9. The maximum Gasteiger partial charge on any atom is 0.407 e. The van der Waals surface area contributed by atoms with Crippen molar-refractivity contribution in [1.82, 2.24) is 36.7 Å². The van der Waals surface area contributed by atoms with E-state index < -0.39 is 65.2 Å². The predicted molar refractivity (Wildman–Crippen MR) is 216 cm³/mol. The van der Waals surface area contributed by atoms with Crippen LogP contribution in [0.4, 0.5) is 14.4 Å². The number of hydrogen-bond acceptors (Lipinski definition) is 10. The lowest BCUT2D eigenvalue weighted by Crippen LogP contribution is -2.61. The van der Waals surface area contributed by atoms with E-state index in [0.29, 0.717) is 0 Å². The topological polar surface area (TPSA) is 189 Å². The molecule has 1 aromatic heterocycles. The van der Waals surface area contributed by atoms with Crippen molar-refractivity contribution in [2.24, 2.45) is 10.8 Å². The van der Waals surface area contributed by atoms with Gasteiger partial charge in [-0.05, 0) is 54.4 Å². The molecule has 0 fully saturated rings. The molecule has 15 nitrogen and oxygen atoms in total. The number of carbonyl (C=O) groups excluding carboxylic acids is 5. The fourth-order valence-corrected chi connectivity index (χ4v) is 5.89. The molecule has 2 aromatic carbocycles. The third-order valence-electron chi connectivity index (χ3n) is 8.85. The molecule has 3 rings (SSSR count). The second-order valence-electron chi connectivity index (χ2n) is 16.2. The molecule has 0 spiro atoms. The molecule has 0 unspecified atom stereocenters. The van der Waals surface area contributed by atoms with Gasteiger partial charge in [-0.15, -0.1) is 0 Å². The predicted octanol–water partition coefficient (Wildman–Crippen LogP) is 5.35. The molecule has 0 bridgehead atoms. The highest BCUT2D eigenvalue weighted by molar-refractivity contribution is 5.87. The fourth-order valence-electron chi connectivity index (χ4n) is 5.89. The van der Waals surface area contributed by atoms with Gasteiger partial charge in [0.15, 0.2) is 0 Å². The average molecular weight is 790 g/mol. The van der Waals surface area contributed by atoms with Crippen LogP contribution in [0.25, 0.3) is 11.3 Å². The van der Waals surface area contributed by atoms with Gasteiger partial charge in [0, 0.05) is 24.3 Å². The van der Waals surface area contributed by atoms with Gasteiger partial charge in [-0.1, -0.05) is 102 Å². The van der Waals surface area contributed by atoms with Crippen LogP contribution in [-0.2, 0) is 36.8 Å². The molecule has 5 N–H and O–H groups in total. The number of benzene rings is 2. The highest BCUT2D eigenvalue weighted by atomic mass is 16.6. The standard InChI is InChI=1S/C42H59N7O8/c1-27(2)44-40(54)57-33(32(24-28-16-12-11-13-17-28)45-36(50)34(41(3,4)5)46-38(52)55-9)26-49(48-37(51)35(42(6,7)8)47-39(53)56-10)25-29-19-21-30(22-20-29)31-18-14-15-23-43-31/h11-23,27,32-35H,24-26H2,1-10H3,(H,44,54)(H,45,50)(H,46,52)(H,47,53)(H,48,51)/t32-,33-,34+,35+/m0/s1. The number of hydrogen-bond donors (Lipinski definition) is 5. The Morgan fingerprint density at radius 2 is 1.23 bits per heavy atom. The van der Waals surface area contributed by atoms with Crippen LogP contribution >= 0.6 is 0 Å². The van der Waals surface area contributed by atoms with E-state index in [4.69, 9.17) is 14.2 Å². The summed E-state index contributed by atoms with van der Waals surface area (Å²) >= 11 is 0. The molecule has 0 aliphatic carbocycles. The van der Waals surface area contributed by atoms with Gasteiger partial charge >= 0.3 is 18.3 Å². The van der Waals surface area contributed by atoms with Gasteiger partial charge in [0.25, 0.3) is 5.91 Å². The zero-order valence-electron chi connectivity index (χ0n) is 34.7. The Labute approximate surface area is 336 Å². The van der Waals surface area contributed by atoms with Crippen molar-refractivity contribution in [3.63, 3.8) is 0 Å². The summed E-state index contributed by atoms with van der Waals surface area (Å²) in [5.74, 6) is -1.09. The van der Waals surface area contributed by atoms with E-state index >= 15 is 0 Å². The number of nitrogens with zero attached hydrogens (tertiary/aromatic N) is 2. The molecule has 57 heavy (non-hydrogen) atoms. The summed E-state index contributed by atoms with van der Waals surface area (Å²) in [6, 6.07) is 19.3. The smallest absolute Gasteiger partial charge is 0.407 e. The first-order chi connectivity index (χ1) is 26.8. The number of aromatic nitrogens is 1. The second kappa shape index (κ2) is 21.0. The third kappa shape index (κ3) is 15.1. The zero-order chi connectivity index (χ0) is 42.3. The molecule has 310 valence electrons. The Hall–Kier alpha value is -5.70. The molecule has 0 aliphatic heterocycles. The van der Waals surface area contributed by atoms with Crippen LogP contribution in [0.1, 0.15) is 66.5 Å². The third-order valence-corrected chi connectivity index (χ3v) is 8.85. The highest BCUT2D eigenvalue weighted by Crippen LogP contribution is 2.23. The van der Waals surface area contributed by atoms with Crippen LogP contribution in [-0.4, -0.2) is 91.1 Å². The molecule has 1 heterocycles. The van der Waals surface area contributed by atoms with Crippen molar-refractivity contribution in [2.45, 2.75) is 98.6 Å². The zero-order valence-corrected chi connectivity index (χ0v) is 34.7. The van der Waals surface area contributed by atoms with E-state index in [2.05, 4.69) is 31.7 Å². The van der Waals surface area contributed by atoms with E-state index in [1.807, 2.05) is 72.8 Å². The van der Waals surface area contributed by atoms with Crippen LogP contribution in [0, 0.1) is 10.8 Å². The van der Waals surface area contributed by atoms with Crippen molar-refractivity contribution < 1.29 is 38.2 Å². The Morgan fingerprint density at radius 1 is 0.667 bits per heavy atom. The maximum absolute atomic E-state index is 14.2. The number of hydrazine groups is 1. The van der Waals surface area contributed by atoms with Gasteiger partial charge in [0.2, 0.25) is 5.91 Å². The monoisotopic (exact) mass is 789 g/mol. The molecular formula is C42H59N7O8. The number of methoxy groups -OCH3 is 2. The number of pyridine rings is 1. The Bertz CT molecular complexity index is 1760. The SMILES string of the molecule is COC(=O)N[C@H](C(=O)N[C@@H](Cc1ccccc1)[C@H](CN(Cc1ccc(-c2ccccn2)cc1)NC(=O)[C@@H](NC(=O)OC)C(C)(C)C)OC(=O)NC(C)C)C(C)(C)C. The van der Waals surface area contributed by atoms with Gasteiger partial charge in [-0.3, -0.25) is 20.0 Å². The first kappa shape index (κ1) is 45.7.